The Hall–Kier alpha value is -0.590. The highest BCUT2D eigenvalue weighted by molar-refractivity contribution is 5.19. The average molecular weight is 196 g/mol. The number of halogens is 1. The molecule has 1 unspecified atom stereocenters. The Bertz CT molecular complexity index is 246. The second-order valence-electron chi connectivity index (χ2n) is 5.26. The van der Waals surface area contributed by atoms with Crippen molar-refractivity contribution in [2.24, 2.45) is 11.3 Å². The number of rotatable bonds is 1. The smallest absolute Gasteiger partial charge is 0.140 e. The minimum Gasteiger partial charge on any atom is -0.238 e. The molecular formula is C13H21F. The SMILES string of the molecule is CC(C)/C1=C/CC(C)(C)CC=CC1F. The third-order valence-electron chi connectivity index (χ3n) is 2.85. The van der Waals surface area contributed by atoms with Gasteiger partial charge in [-0.05, 0) is 29.7 Å². The van der Waals surface area contributed by atoms with Crippen molar-refractivity contribution >= 4 is 0 Å². The van der Waals surface area contributed by atoms with E-state index in [1.165, 1.54) is 0 Å². The van der Waals surface area contributed by atoms with Crippen LogP contribution in [0.5, 0.6) is 0 Å². The van der Waals surface area contributed by atoms with Crippen LogP contribution in [0.3, 0.4) is 0 Å². The van der Waals surface area contributed by atoms with Crippen LogP contribution < -0.4 is 0 Å². The van der Waals surface area contributed by atoms with Crippen LogP contribution in [0.15, 0.2) is 23.8 Å². The van der Waals surface area contributed by atoms with Gasteiger partial charge in [-0.15, -0.1) is 0 Å². The Morgan fingerprint density at radius 3 is 2.57 bits per heavy atom. The van der Waals surface area contributed by atoms with Crippen molar-refractivity contribution in [1.29, 1.82) is 0 Å². The minimum atomic E-state index is -0.869. The van der Waals surface area contributed by atoms with E-state index in [4.69, 9.17) is 0 Å². The number of hydrogen-bond acceptors (Lipinski definition) is 0. The van der Waals surface area contributed by atoms with Gasteiger partial charge in [0.25, 0.3) is 0 Å². The van der Waals surface area contributed by atoms with Gasteiger partial charge in [0.05, 0.1) is 0 Å². The molecule has 0 saturated carbocycles. The topological polar surface area (TPSA) is 0 Å². The molecule has 0 amide bonds. The molecule has 0 nitrogen and oxygen atoms in total. The van der Waals surface area contributed by atoms with Gasteiger partial charge in [-0.3, -0.25) is 0 Å². The molecule has 80 valence electrons. The number of allylic oxidation sites excluding steroid dienone is 4. The minimum absolute atomic E-state index is 0.275. The lowest BCUT2D eigenvalue weighted by Gasteiger charge is -2.25. The van der Waals surface area contributed by atoms with Gasteiger partial charge < -0.3 is 0 Å². The van der Waals surface area contributed by atoms with E-state index in [2.05, 4.69) is 33.8 Å². The fraction of sp³-hybridized carbons (Fsp3) is 0.692. The van der Waals surface area contributed by atoms with Gasteiger partial charge in [0.2, 0.25) is 0 Å². The van der Waals surface area contributed by atoms with Crippen molar-refractivity contribution in [1.82, 2.24) is 0 Å². The quantitative estimate of drug-likeness (QED) is 0.549. The van der Waals surface area contributed by atoms with Crippen molar-refractivity contribution in [3.8, 4) is 0 Å². The van der Waals surface area contributed by atoms with Crippen LogP contribution in [0, 0.1) is 11.3 Å². The molecule has 0 aromatic carbocycles. The Morgan fingerprint density at radius 1 is 1.36 bits per heavy atom. The molecule has 0 bridgehead atoms. The summed E-state index contributed by atoms with van der Waals surface area (Å²) in [4.78, 5) is 0. The normalized spacial score (nSPS) is 30.7. The molecule has 0 aromatic rings. The standard InChI is InChI=1S/C13H21F/c1-10(2)11-7-9-13(3,4)8-5-6-12(11)14/h5-7,10,12H,8-9H2,1-4H3/b6-5?,11-7-. The first-order valence-electron chi connectivity index (χ1n) is 5.43. The average Bonchev–Trinajstić information content (AvgIpc) is 2.00. The van der Waals surface area contributed by atoms with Crippen molar-refractivity contribution in [2.45, 2.75) is 46.7 Å². The van der Waals surface area contributed by atoms with Crippen LogP contribution in [0.4, 0.5) is 4.39 Å². The van der Waals surface area contributed by atoms with Crippen LogP contribution >= 0.6 is 0 Å². The lowest BCUT2D eigenvalue weighted by Crippen LogP contribution is -2.15. The van der Waals surface area contributed by atoms with E-state index in [1.54, 1.807) is 6.08 Å². The van der Waals surface area contributed by atoms with Gasteiger partial charge in [-0.2, -0.15) is 0 Å². The predicted molar refractivity (Wildman–Crippen MR) is 60.0 cm³/mol. The molecule has 0 aliphatic heterocycles. The molecule has 0 fully saturated rings. The summed E-state index contributed by atoms with van der Waals surface area (Å²) in [5.74, 6) is 0.309. The first-order chi connectivity index (χ1) is 6.42. The highest BCUT2D eigenvalue weighted by atomic mass is 19.1. The molecule has 1 aliphatic rings. The molecule has 1 aliphatic carbocycles. The zero-order valence-corrected chi connectivity index (χ0v) is 9.68. The first-order valence-corrected chi connectivity index (χ1v) is 5.43. The zero-order valence-electron chi connectivity index (χ0n) is 9.68. The highest BCUT2D eigenvalue weighted by Gasteiger charge is 2.20. The van der Waals surface area contributed by atoms with Gasteiger partial charge in [0, 0.05) is 0 Å². The largest absolute Gasteiger partial charge is 0.238 e. The van der Waals surface area contributed by atoms with Crippen molar-refractivity contribution in [3.05, 3.63) is 23.8 Å². The molecular weight excluding hydrogens is 175 g/mol. The maximum atomic E-state index is 13.6. The molecule has 0 aromatic heterocycles. The predicted octanol–water partition coefficient (Wildman–Crippen LogP) is 4.28. The second-order valence-corrected chi connectivity index (χ2v) is 5.26. The number of alkyl halides is 1. The van der Waals surface area contributed by atoms with E-state index in [-0.39, 0.29) is 5.41 Å². The Labute approximate surface area is 86.9 Å². The Balaban J connectivity index is 2.86. The molecule has 1 rings (SSSR count). The van der Waals surface area contributed by atoms with Gasteiger partial charge in [-0.25, -0.2) is 4.39 Å². The summed E-state index contributed by atoms with van der Waals surface area (Å²) in [5, 5.41) is 0. The molecule has 1 atom stereocenters. The third kappa shape index (κ3) is 2.97. The molecule has 0 saturated heterocycles. The van der Waals surface area contributed by atoms with Gasteiger partial charge in [0.1, 0.15) is 6.17 Å². The maximum Gasteiger partial charge on any atom is 0.140 e. The monoisotopic (exact) mass is 196 g/mol. The maximum absolute atomic E-state index is 13.6. The van der Waals surface area contributed by atoms with Crippen molar-refractivity contribution in [3.63, 3.8) is 0 Å². The summed E-state index contributed by atoms with van der Waals surface area (Å²) in [6, 6.07) is 0. The molecule has 1 heteroatoms. The molecule has 14 heavy (non-hydrogen) atoms. The third-order valence-corrected chi connectivity index (χ3v) is 2.85. The summed E-state index contributed by atoms with van der Waals surface area (Å²) >= 11 is 0. The molecule has 0 spiro atoms. The fourth-order valence-electron chi connectivity index (χ4n) is 1.76. The number of hydrogen-bond donors (Lipinski definition) is 0. The van der Waals surface area contributed by atoms with Gasteiger partial charge in [-0.1, -0.05) is 45.9 Å². The van der Waals surface area contributed by atoms with E-state index in [1.807, 2.05) is 6.08 Å². The summed E-state index contributed by atoms with van der Waals surface area (Å²) in [6.45, 7) is 8.57. The summed E-state index contributed by atoms with van der Waals surface area (Å²) in [7, 11) is 0. The highest BCUT2D eigenvalue weighted by Crippen LogP contribution is 2.31. The zero-order chi connectivity index (χ0) is 10.8. The molecule has 0 N–H and O–H groups in total. The van der Waals surface area contributed by atoms with Crippen LogP contribution in [0.2, 0.25) is 0 Å². The second kappa shape index (κ2) is 4.29. The van der Waals surface area contributed by atoms with Crippen LogP contribution in [0.25, 0.3) is 0 Å². The lowest BCUT2D eigenvalue weighted by atomic mass is 9.81. The summed E-state index contributed by atoms with van der Waals surface area (Å²) < 4.78 is 13.6. The Kier molecular flexibility index (Phi) is 3.52. The molecule has 0 heterocycles. The van der Waals surface area contributed by atoms with Gasteiger partial charge >= 0.3 is 0 Å². The van der Waals surface area contributed by atoms with Crippen LogP contribution in [-0.4, -0.2) is 6.17 Å². The van der Waals surface area contributed by atoms with E-state index in [0.717, 1.165) is 18.4 Å². The lowest BCUT2D eigenvalue weighted by molar-refractivity contribution is 0.357. The van der Waals surface area contributed by atoms with E-state index < -0.39 is 6.17 Å². The van der Waals surface area contributed by atoms with Gasteiger partial charge in [0.15, 0.2) is 0 Å². The van der Waals surface area contributed by atoms with Crippen LogP contribution in [0.1, 0.15) is 40.5 Å². The van der Waals surface area contributed by atoms with E-state index in [9.17, 15) is 4.39 Å². The Morgan fingerprint density at radius 2 is 2.00 bits per heavy atom. The van der Waals surface area contributed by atoms with E-state index in [0.29, 0.717) is 5.92 Å². The summed E-state index contributed by atoms with van der Waals surface area (Å²) in [5.41, 5.74) is 1.21. The van der Waals surface area contributed by atoms with Crippen LogP contribution in [-0.2, 0) is 0 Å². The van der Waals surface area contributed by atoms with Crippen molar-refractivity contribution < 1.29 is 4.39 Å². The van der Waals surface area contributed by atoms with E-state index >= 15 is 0 Å². The first kappa shape index (κ1) is 11.5. The molecule has 0 radical (unpaired) electrons. The summed E-state index contributed by atoms with van der Waals surface area (Å²) in [6.07, 6.45) is 6.86. The fourth-order valence-corrected chi connectivity index (χ4v) is 1.76. The van der Waals surface area contributed by atoms with Crippen molar-refractivity contribution in [2.75, 3.05) is 0 Å².